The first-order valence-corrected chi connectivity index (χ1v) is 10.1. The van der Waals surface area contributed by atoms with Crippen LogP contribution in [0.3, 0.4) is 0 Å². The summed E-state index contributed by atoms with van der Waals surface area (Å²) in [6, 6.07) is 7.17. The maximum atomic E-state index is 13.0. The van der Waals surface area contributed by atoms with Gasteiger partial charge in [0.05, 0.1) is 9.79 Å². The van der Waals surface area contributed by atoms with Crippen molar-refractivity contribution in [2.75, 3.05) is 0 Å². The van der Waals surface area contributed by atoms with Crippen LogP contribution in [0.25, 0.3) is 0 Å². The van der Waals surface area contributed by atoms with Crippen molar-refractivity contribution in [3.8, 4) is 0 Å². The van der Waals surface area contributed by atoms with Crippen LogP contribution in [0.15, 0.2) is 34.1 Å². The van der Waals surface area contributed by atoms with Crippen molar-refractivity contribution >= 4 is 55.0 Å². The fourth-order valence-corrected chi connectivity index (χ4v) is 6.51. The number of hydrogen-bond donors (Lipinski definition) is 0. The molecule has 0 fully saturated rings. The van der Waals surface area contributed by atoms with Crippen LogP contribution < -0.4 is 0 Å². The van der Waals surface area contributed by atoms with Crippen LogP contribution in [0.4, 0.5) is 0 Å². The summed E-state index contributed by atoms with van der Waals surface area (Å²) in [7, 11) is -3.49. The zero-order valence-corrected chi connectivity index (χ0v) is 17.4. The summed E-state index contributed by atoms with van der Waals surface area (Å²) in [6.07, 6.45) is 0. The molecule has 0 aliphatic heterocycles. The minimum Gasteiger partial charge on any atom is -0.218 e. The molecule has 2 rings (SSSR count). The molecule has 0 bridgehead atoms. The highest BCUT2D eigenvalue weighted by Crippen LogP contribution is 2.32. The molecule has 0 aromatic heterocycles. The lowest BCUT2D eigenvalue weighted by Gasteiger charge is -2.14. The van der Waals surface area contributed by atoms with E-state index in [0.29, 0.717) is 9.79 Å². The van der Waals surface area contributed by atoms with Gasteiger partial charge in [0.1, 0.15) is 0 Å². The predicted molar refractivity (Wildman–Crippen MR) is 103 cm³/mol. The van der Waals surface area contributed by atoms with Crippen LogP contribution in [0.1, 0.15) is 22.3 Å². The molecule has 112 valence electrons. The third kappa shape index (κ3) is 3.01. The van der Waals surface area contributed by atoms with Gasteiger partial charge in [-0.25, -0.2) is 8.42 Å². The number of sulfone groups is 1. The summed E-state index contributed by atoms with van der Waals surface area (Å²) in [6.45, 7) is 7.91. The van der Waals surface area contributed by atoms with E-state index < -0.39 is 9.84 Å². The molecule has 0 heterocycles. The standard InChI is InChI=1S/C16H16I2O2S/c1-9-5-7-13(15(17)11(9)3)21(19,20)14-8-6-10(2)12(4)16(14)18/h5-8H,1-4H3. The van der Waals surface area contributed by atoms with Crippen molar-refractivity contribution < 1.29 is 8.42 Å². The van der Waals surface area contributed by atoms with Gasteiger partial charge in [-0.3, -0.25) is 0 Å². The molecule has 0 amide bonds. The highest BCUT2D eigenvalue weighted by molar-refractivity contribution is 14.1. The Balaban J connectivity index is 2.75. The number of aryl methyl sites for hydroxylation is 2. The topological polar surface area (TPSA) is 34.1 Å². The van der Waals surface area contributed by atoms with Crippen molar-refractivity contribution in [1.82, 2.24) is 0 Å². The van der Waals surface area contributed by atoms with Crippen molar-refractivity contribution in [3.63, 3.8) is 0 Å². The molecule has 5 heteroatoms. The van der Waals surface area contributed by atoms with Gasteiger partial charge in [-0.05, 0) is 107 Å². The van der Waals surface area contributed by atoms with Crippen LogP contribution in [0, 0.1) is 34.8 Å². The van der Waals surface area contributed by atoms with E-state index in [1.807, 2.05) is 39.8 Å². The van der Waals surface area contributed by atoms with Gasteiger partial charge in [-0.15, -0.1) is 0 Å². The zero-order chi connectivity index (χ0) is 15.9. The molecule has 0 aliphatic rings. The summed E-state index contributed by atoms with van der Waals surface area (Å²) < 4.78 is 27.6. The Kier molecular flexibility index (Phi) is 5.04. The number of rotatable bonds is 2. The lowest BCUT2D eigenvalue weighted by atomic mass is 10.1. The van der Waals surface area contributed by atoms with E-state index in [0.717, 1.165) is 29.4 Å². The van der Waals surface area contributed by atoms with Gasteiger partial charge in [0.2, 0.25) is 9.84 Å². The molecular weight excluding hydrogens is 510 g/mol. The molecule has 0 saturated carbocycles. The maximum absolute atomic E-state index is 13.0. The second kappa shape index (κ2) is 6.16. The smallest absolute Gasteiger partial charge is 0.208 e. The molecule has 0 atom stereocenters. The average molecular weight is 526 g/mol. The van der Waals surface area contributed by atoms with Crippen molar-refractivity contribution in [2.45, 2.75) is 37.5 Å². The van der Waals surface area contributed by atoms with Gasteiger partial charge >= 0.3 is 0 Å². The molecule has 0 radical (unpaired) electrons. The summed E-state index contributed by atoms with van der Waals surface area (Å²) in [5.74, 6) is 0. The molecule has 0 N–H and O–H groups in total. The second-order valence-corrected chi connectivity index (χ2v) is 9.19. The normalized spacial score (nSPS) is 11.7. The van der Waals surface area contributed by atoms with E-state index in [1.165, 1.54) is 0 Å². The molecule has 0 spiro atoms. The Morgan fingerprint density at radius 3 is 1.38 bits per heavy atom. The molecule has 0 saturated heterocycles. The Morgan fingerprint density at radius 2 is 1.05 bits per heavy atom. The lowest BCUT2D eigenvalue weighted by molar-refractivity contribution is 0.594. The van der Waals surface area contributed by atoms with E-state index in [-0.39, 0.29) is 0 Å². The van der Waals surface area contributed by atoms with E-state index >= 15 is 0 Å². The Bertz CT molecular complexity index is 761. The number of halogens is 2. The minimum atomic E-state index is -3.49. The van der Waals surface area contributed by atoms with E-state index in [9.17, 15) is 8.42 Å². The Labute approximate surface area is 153 Å². The number of benzene rings is 2. The second-order valence-electron chi connectivity index (χ2n) is 5.14. The highest BCUT2D eigenvalue weighted by atomic mass is 127. The molecule has 0 aliphatic carbocycles. The Hall–Kier alpha value is -0.150. The van der Waals surface area contributed by atoms with Gasteiger partial charge in [-0.1, -0.05) is 12.1 Å². The van der Waals surface area contributed by atoms with Crippen LogP contribution in [-0.4, -0.2) is 8.42 Å². The van der Waals surface area contributed by atoms with Crippen molar-refractivity contribution in [2.24, 2.45) is 0 Å². The van der Waals surface area contributed by atoms with Gasteiger partial charge in [0.15, 0.2) is 0 Å². The monoisotopic (exact) mass is 526 g/mol. The van der Waals surface area contributed by atoms with Gasteiger partial charge in [0.25, 0.3) is 0 Å². The summed E-state index contributed by atoms with van der Waals surface area (Å²) in [5.41, 5.74) is 4.26. The summed E-state index contributed by atoms with van der Waals surface area (Å²) in [4.78, 5) is 0.791. The quantitative estimate of drug-likeness (QED) is 0.519. The highest BCUT2D eigenvalue weighted by Gasteiger charge is 2.25. The van der Waals surface area contributed by atoms with E-state index in [2.05, 4.69) is 45.2 Å². The van der Waals surface area contributed by atoms with Crippen LogP contribution in [0.2, 0.25) is 0 Å². The molecular formula is C16H16I2O2S. The van der Waals surface area contributed by atoms with Gasteiger partial charge in [-0.2, -0.15) is 0 Å². The largest absolute Gasteiger partial charge is 0.218 e. The molecule has 2 nitrogen and oxygen atoms in total. The first-order valence-electron chi connectivity index (χ1n) is 6.44. The van der Waals surface area contributed by atoms with Crippen LogP contribution >= 0.6 is 45.2 Å². The first kappa shape index (κ1) is 17.2. The van der Waals surface area contributed by atoms with E-state index in [4.69, 9.17) is 0 Å². The summed E-state index contributed by atoms with van der Waals surface area (Å²) in [5, 5.41) is 0. The average Bonchev–Trinajstić information content (AvgIpc) is 2.41. The van der Waals surface area contributed by atoms with Crippen LogP contribution in [0.5, 0.6) is 0 Å². The third-order valence-corrected chi connectivity index (χ3v) is 9.17. The summed E-state index contributed by atoms with van der Waals surface area (Å²) >= 11 is 4.26. The van der Waals surface area contributed by atoms with Crippen LogP contribution in [-0.2, 0) is 9.84 Å². The predicted octanol–water partition coefficient (Wildman–Crippen LogP) is 4.96. The van der Waals surface area contributed by atoms with Crippen molar-refractivity contribution in [1.29, 1.82) is 0 Å². The lowest BCUT2D eigenvalue weighted by Crippen LogP contribution is -2.09. The fraction of sp³-hybridized carbons (Fsp3) is 0.250. The van der Waals surface area contributed by atoms with Gasteiger partial charge in [0, 0.05) is 7.14 Å². The first-order chi connectivity index (χ1) is 9.67. The van der Waals surface area contributed by atoms with Gasteiger partial charge < -0.3 is 0 Å². The SMILES string of the molecule is Cc1ccc(S(=O)(=O)c2ccc(C)c(C)c2I)c(I)c1C. The zero-order valence-electron chi connectivity index (χ0n) is 12.3. The number of hydrogen-bond acceptors (Lipinski definition) is 2. The van der Waals surface area contributed by atoms with Crippen molar-refractivity contribution in [3.05, 3.63) is 53.7 Å². The molecule has 0 unspecified atom stereocenters. The third-order valence-electron chi connectivity index (χ3n) is 3.82. The van der Waals surface area contributed by atoms with E-state index in [1.54, 1.807) is 12.1 Å². The Morgan fingerprint density at radius 1 is 0.714 bits per heavy atom. The maximum Gasteiger partial charge on any atom is 0.208 e. The molecule has 2 aromatic carbocycles. The molecule has 21 heavy (non-hydrogen) atoms. The minimum absolute atomic E-state index is 0.396. The molecule has 2 aromatic rings. The fourth-order valence-electron chi connectivity index (χ4n) is 2.05.